The third-order valence-corrected chi connectivity index (χ3v) is 13.3. The van der Waals surface area contributed by atoms with Crippen molar-refractivity contribution in [2.75, 3.05) is 54.7 Å². The molecule has 382 valence electrons. The predicted molar refractivity (Wildman–Crippen MR) is 258 cm³/mol. The molecule has 6 amide bonds. The number of benzene rings is 1. The zero-order valence-corrected chi connectivity index (χ0v) is 43.5. The van der Waals surface area contributed by atoms with Gasteiger partial charge < -0.3 is 40.0 Å². The molecule has 19 heteroatoms. The molecule has 1 aliphatic heterocycles. The highest BCUT2D eigenvalue weighted by Crippen LogP contribution is 2.30. The second-order valence-electron chi connectivity index (χ2n) is 19.0. The lowest BCUT2D eigenvalue weighted by Gasteiger charge is -2.41. The largest absolute Gasteiger partial charge is 0.412 e. The third kappa shape index (κ3) is 18.3. The zero-order valence-electron chi connectivity index (χ0n) is 42.7. The topological polar surface area (TPSA) is 222 Å². The maximum atomic E-state index is 14.4. The van der Waals surface area contributed by atoms with Crippen molar-refractivity contribution in [3.05, 3.63) is 29.8 Å². The first-order chi connectivity index (χ1) is 31.4. The molecule has 1 aromatic carbocycles. The van der Waals surface area contributed by atoms with Gasteiger partial charge in [-0.2, -0.15) is 0 Å². The number of likely N-dealkylation sites (N-methyl/N-ethyl adjacent to an activating group) is 2. The summed E-state index contributed by atoms with van der Waals surface area (Å²) in [4.78, 5) is 87.0. The molecule has 1 aliphatic rings. The second kappa shape index (κ2) is 28.2. The summed E-state index contributed by atoms with van der Waals surface area (Å²) in [5, 5.41) is 8.45. The zero-order chi connectivity index (χ0) is 50.8. The van der Waals surface area contributed by atoms with Crippen LogP contribution in [0.1, 0.15) is 112 Å². The number of ether oxygens (including phenoxy) is 3. The minimum absolute atomic E-state index is 0.00483. The van der Waals surface area contributed by atoms with E-state index in [0.717, 1.165) is 31.9 Å². The van der Waals surface area contributed by atoms with Gasteiger partial charge in [0.2, 0.25) is 33.7 Å². The van der Waals surface area contributed by atoms with Crippen molar-refractivity contribution in [1.29, 1.82) is 0 Å². The van der Waals surface area contributed by atoms with Crippen molar-refractivity contribution in [2.45, 2.75) is 156 Å². The van der Waals surface area contributed by atoms with Gasteiger partial charge in [0.05, 0.1) is 48.9 Å². The van der Waals surface area contributed by atoms with E-state index in [0.29, 0.717) is 37.9 Å². The molecule has 0 bridgehead atoms. The van der Waals surface area contributed by atoms with E-state index in [4.69, 9.17) is 14.2 Å². The predicted octanol–water partition coefficient (Wildman–Crippen LogP) is 4.11. The van der Waals surface area contributed by atoms with Crippen LogP contribution in [-0.4, -0.2) is 156 Å². The van der Waals surface area contributed by atoms with Crippen molar-refractivity contribution in [1.82, 2.24) is 35.4 Å². The van der Waals surface area contributed by atoms with Crippen molar-refractivity contribution in [3.63, 3.8) is 0 Å². The number of unbranched alkanes of at least 4 members (excludes halogenated alkanes) is 3. The Hall–Kier alpha value is -4.33. The van der Waals surface area contributed by atoms with Gasteiger partial charge in [0.1, 0.15) is 17.8 Å². The Morgan fingerprint density at radius 2 is 1.48 bits per heavy atom. The lowest BCUT2D eigenvalue weighted by molar-refractivity contribution is -0.148. The van der Waals surface area contributed by atoms with Crippen LogP contribution >= 0.6 is 0 Å². The summed E-state index contributed by atoms with van der Waals surface area (Å²) in [5.41, 5.74) is 0.550. The smallest absolute Gasteiger partial charge is 0.410 e. The van der Waals surface area contributed by atoms with Gasteiger partial charge in [0.25, 0.3) is 5.91 Å². The molecule has 0 spiro atoms. The highest BCUT2D eigenvalue weighted by Gasteiger charge is 2.43. The molecule has 9 atom stereocenters. The Kier molecular flexibility index (Phi) is 24.8. The number of nitrogens with one attached hydrogen (secondary N) is 4. The van der Waals surface area contributed by atoms with Crippen LogP contribution in [0.15, 0.2) is 24.3 Å². The molecule has 67 heavy (non-hydrogen) atoms. The summed E-state index contributed by atoms with van der Waals surface area (Å²) in [7, 11) is 4.32. The van der Waals surface area contributed by atoms with Gasteiger partial charge in [-0.15, -0.1) is 0 Å². The average Bonchev–Trinajstić information content (AvgIpc) is 3.74. The van der Waals surface area contributed by atoms with E-state index >= 15 is 0 Å². The Bertz CT molecular complexity index is 1860. The number of sulfonamides is 1. The molecule has 1 heterocycles. The van der Waals surface area contributed by atoms with E-state index in [1.807, 2.05) is 65.3 Å². The molecule has 1 aromatic rings. The van der Waals surface area contributed by atoms with E-state index < -0.39 is 76.3 Å². The minimum Gasteiger partial charge on any atom is -0.410 e. The summed E-state index contributed by atoms with van der Waals surface area (Å²) in [5.74, 6) is -3.29. The summed E-state index contributed by atoms with van der Waals surface area (Å²) in [6, 6.07) is 2.65. The number of carbonyl (C=O) groups excluding carboxylic acids is 6. The first-order valence-corrected chi connectivity index (χ1v) is 25.8. The minimum atomic E-state index is -3.99. The number of rotatable bonds is 28. The highest BCUT2D eigenvalue weighted by molar-refractivity contribution is 7.89. The Morgan fingerprint density at radius 3 is 2.00 bits per heavy atom. The summed E-state index contributed by atoms with van der Waals surface area (Å²) in [6.45, 7) is 16.3. The van der Waals surface area contributed by atoms with E-state index in [9.17, 15) is 37.2 Å². The summed E-state index contributed by atoms with van der Waals surface area (Å²) >= 11 is 0. The normalized spacial score (nSPS) is 17.7. The average molecular weight is 966 g/mol. The van der Waals surface area contributed by atoms with Gasteiger partial charge >= 0.3 is 6.09 Å². The van der Waals surface area contributed by atoms with Gasteiger partial charge in [-0.05, 0) is 68.8 Å². The monoisotopic (exact) mass is 966 g/mol. The lowest BCUT2D eigenvalue weighted by atomic mass is 9.89. The standard InChI is InChI=1S/C48H83N7O11S/c1-15-17-18-19-26-49-48(61)66-35-24-22-34(23-25-35)28-36(45(58)52-67(14,62)63)50-44(57)33(8)43(65-13)37-21-20-27-55(37)39(56)29-38(64-12)42(32(7)16-2)54(11)47(60)40(30(3)4)51-46(59)41(31(5)6)53(9)10/h22-25,30-33,36-38,40-43H,15-21,26-29H2,1-14H3,(H,49,61)(H,50,57)(H,51,59)(H,52,58)/t32-,33+,36-,37-,38+,40-,41-,42-,43+/m0/s1. The van der Waals surface area contributed by atoms with Crippen molar-refractivity contribution >= 4 is 45.7 Å². The molecule has 0 saturated carbocycles. The molecule has 0 aliphatic carbocycles. The Labute approximate surface area is 400 Å². The van der Waals surface area contributed by atoms with E-state index in [-0.39, 0.29) is 54.1 Å². The van der Waals surface area contributed by atoms with Crippen LogP contribution in [0.25, 0.3) is 0 Å². The number of nitrogens with zero attached hydrogens (tertiary/aromatic N) is 3. The number of likely N-dealkylation sites (tertiary alicyclic amines) is 1. The van der Waals surface area contributed by atoms with Crippen LogP contribution in [0.3, 0.4) is 0 Å². The van der Waals surface area contributed by atoms with E-state index in [1.165, 1.54) is 14.2 Å². The summed E-state index contributed by atoms with van der Waals surface area (Å²) < 4.78 is 43.6. The van der Waals surface area contributed by atoms with Crippen molar-refractivity contribution in [2.24, 2.45) is 23.7 Å². The van der Waals surface area contributed by atoms with Gasteiger partial charge in [0, 0.05) is 40.8 Å². The van der Waals surface area contributed by atoms with Gasteiger partial charge in [-0.3, -0.25) is 33.6 Å². The number of carbonyl (C=O) groups is 6. The van der Waals surface area contributed by atoms with Crippen molar-refractivity contribution in [3.8, 4) is 5.75 Å². The van der Waals surface area contributed by atoms with Gasteiger partial charge in [-0.1, -0.05) is 93.2 Å². The molecule has 4 N–H and O–H groups in total. The van der Waals surface area contributed by atoms with Crippen molar-refractivity contribution < 1.29 is 51.4 Å². The Morgan fingerprint density at radius 1 is 0.836 bits per heavy atom. The number of amides is 6. The molecule has 2 rings (SSSR count). The molecule has 0 unspecified atom stereocenters. The fourth-order valence-electron chi connectivity index (χ4n) is 8.99. The first-order valence-electron chi connectivity index (χ1n) is 23.9. The number of hydrogen-bond acceptors (Lipinski definition) is 12. The fraction of sp³-hybridized carbons (Fsp3) is 0.750. The first kappa shape index (κ1) is 58.8. The third-order valence-electron chi connectivity index (χ3n) is 12.7. The maximum absolute atomic E-state index is 14.4. The fourth-order valence-corrected chi connectivity index (χ4v) is 9.50. The van der Waals surface area contributed by atoms with Gasteiger partial charge in [-0.25, -0.2) is 13.2 Å². The van der Waals surface area contributed by atoms with Crippen LogP contribution in [0.4, 0.5) is 4.79 Å². The Balaban J connectivity index is 2.29. The van der Waals surface area contributed by atoms with Crippen LogP contribution in [0.2, 0.25) is 0 Å². The van der Waals surface area contributed by atoms with Gasteiger partial charge in [0.15, 0.2) is 0 Å². The number of methoxy groups -OCH3 is 2. The number of hydrogen-bond donors (Lipinski definition) is 4. The van der Waals surface area contributed by atoms with E-state index in [2.05, 4.69) is 22.9 Å². The van der Waals surface area contributed by atoms with E-state index in [1.54, 1.807) is 48.0 Å². The molecule has 1 saturated heterocycles. The molecule has 18 nitrogen and oxygen atoms in total. The van der Waals surface area contributed by atoms with Crippen LogP contribution < -0.4 is 25.4 Å². The summed E-state index contributed by atoms with van der Waals surface area (Å²) in [6.07, 6.45) is 4.35. The SMILES string of the molecule is CCCCCCNC(=O)Oc1ccc(C[C@H](NC(=O)[C@H](C)[C@@H](OC)[C@@H]2CCCN2C(=O)C[C@@H](OC)[C@H]([C@@H](C)CC)N(C)C(=O)[C@@H](NC(=O)[C@H](C(C)C)N(C)C)C(C)C)C(=O)NS(C)(=O)=O)cc1. The maximum Gasteiger partial charge on any atom is 0.412 e. The quantitative estimate of drug-likeness (QED) is 0.0873. The van der Waals surface area contributed by atoms with Crippen LogP contribution in [0.5, 0.6) is 5.75 Å². The molecule has 0 radical (unpaired) electrons. The second-order valence-corrected chi connectivity index (χ2v) is 20.7. The molecular formula is C48H83N7O11S. The molecule has 0 aromatic heterocycles. The van der Waals surface area contributed by atoms with Crippen LogP contribution in [-0.2, 0) is 49.9 Å². The lowest BCUT2D eigenvalue weighted by Crippen LogP contribution is -2.59. The molecule has 1 fully saturated rings. The highest BCUT2D eigenvalue weighted by atomic mass is 32.2. The molecular weight excluding hydrogens is 883 g/mol. The van der Waals surface area contributed by atoms with Crippen LogP contribution in [0, 0.1) is 23.7 Å².